The van der Waals surface area contributed by atoms with E-state index in [0.717, 1.165) is 28.5 Å². The average molecular weight is 344 g/mol. The van der Waals surface area contributed by atoms with Crippen LogP contribution < -0.4 is 14.5 Å². The maximum Gasteiger partial charge on any atom is 0.231 e. The van der Waals surface area contributed by atoms with Crippen LogP contribution in [-0.2, 0) is 6.54 Å². The standard InChI is InChI=1S/C22H20N2O2/c1-17(19-12-13-21-22(14-19)26-16-25-21)23-24(20-10-6-3-7-11-20)15-18-8-4-2-5-9-18/h2-14H,15-16H2,1H3/b23-17-. The van der Waals surface area contributed by atoms with Crippen LogP contribution in [0.2, 0.25) is 0 Å². The normalized spacial score (nSPS) is 12.9. The van der Waals surface area contributed by atoms with Crippen LogP contribution in [-0.4, -0.2) is 12.5 Å². The third kappa shape index (κ3) is 3.54. The first-order valence-electron chi connectivity index (χ1n) is 8.61. The fraction of sp³-hybridized carbons (Fsp3) is 0.136. The molecule has 26 heavy (non-hydrogen) atoms. The first kappa shape index (κ1) is 16.2. The molecule has 0 N–H and O–H groups in total. The molecule has 0 aromatic heterocycles. The van der Waals surface area contributed by atoms with Crippen molar-refractivity contribution in [3.63, 3.8) is 0 Å². The maximum absolute atomic E-state index is 5.48. The summed E-state index contributed by atoms with van der Waals surface area (Å²) in [5.41, 5.74) is 4.20. The Morgan fingerprint density at radius 3 is 2.35 bits per heavy atom. The highest BCUT2D eigenvalue weighted by atomic mass is 16.7. The van der Waals surface area contributed by atoms with Gasteiger partial charge in [0.2, 0.25) is 6.79 Å². The smallest absolute Gasteiger partial charge is 0.231 e. The van der Waals surface area contributed by atoms with Gasteiger partial charge in [0, 0.05) is 5.56 Å². The zero-order chi connectivity index (χ0) is 17.8. The van der Waals surface area contributed by atoms with Crippen molar-refractivity contribution in [2.24, 2.45) is 5.10 Å². The molecule has 4 heteroatoms. The lowest BCUT2D eigenvalue weighted by molar-refractivity contribution is 0.174. The minimum atomic E-state index is 0.277. The number of benzene rings is 3. The number of para-hydroxylation sites is 1. The summed E-state index contributed by atoms with van der Waals surface area (Å²) in [6.45, 7) is 2.99. The Morgan fingerprint density at radius 1 is 0.885 bits per heavy atom. The topological polar surface area (TPSA) is 34.1 Å². The van der Waals surface area contributed by atoms with E-state index in [-0.39, 0.29) is 6.79 Å². The Balaban J connectivity index is 1.66. The summed E-state index contributed by atoms with van der Waals surface area (Å²) in [6.07, 6.45) is 0. The molecule has 1 aliphatic heterocycles. The minimum absolute atomic E-state index is 0.277. The van der Waals surface area contributed by atoms with Gasteiger partial charge in [0.15, 0.2) is 11.5 Å². The molecule has 3 aromatic carbocycles. The fourth-order valence-corrected chi connectivity index (χ4v) is 2.90. The molecule has 130 valence electrons. The van der Waals surface area contributed by atoms with Crippen molar-refractivity contribution in [2.45, 2.75) is 13.5 Å². The molecule has 0 fully saturated rings. The number of anilines is 1. The molecule has 0 saturated heterocycles. The second-order valence-corrected chi connectivity index (χ2v) is 6.13. The molecule has 3 aromatic rings. The molecular weight excluding hydrogens is 324 g/mol. The van der Waals surface area contributed by atoms with Crippen molar-refractivity contribution < 1.29 is 9.47 Å². The molecule has 0 aliphatic carbocycles. The molecule has 1 aliphatic rings. The molecule has 0 saturated carbocycles. The summed E-state index contributed by atoms with van der Waals surface area (Å²) in [5, 5.41) is 6.91. The summed E-state index contributed by atoms with van der Waals surface area (Å²) in [5.74, 6) is 1.55. The van der Waals surface area contributed by atoms with Crippen molar-refractivity contribution >= 4 is 11.4 Å². The first-order chi connectivity index (χ1) is 12.8. The highest BCUT2D eigenvalue weighted by Gasteiger charge is 2.15. The van der Waals surface area contributed by atoms with E-state index in [1.807, 2.05) is 66.5 Å². The van der Waals surface area contributed by atoms with E-state index < -0.39 is 0 Å². The van der Waals surface area contributed by atoms with Gasteiger partial charge >= 0.3 is 0 Å². The Kier molecular flexibility index (Phi) is 4.56. The molecular formula is C22H20N2O2. The van der Waals surface area contributed by atoms with Crippen LogP contribution in [0.1, 0.15) is 18.1 Å². The fourth-order valence-electron chi connectivity index (χ4n) is 2.90. The monoisotopic (exact) mass is 344 g/mol. The van der Waals surface area contributed by atoms with Crippen molar-refractivity contribution in [3.05, 3.63) is 90.0 Å². The van der Waals surface area contributed by atoms with E-state index >= 15 is 0 Å². The second-order valence-electron chi connectivity index (χ2n) is 6.13. The number of nitrogens with zero attached hydrogens (tertiary/aromatic N) is 2. The molecule has 0 bridgehead atoms. The minimum Gasteiger partial charge on any atom is -0.454 e. The van der Waals surface area contributed by atoms with Gasteiger partial charge in [0.05, 0.1) is 17.9 Å². The van der Waals surface area contributed by atoms with Gasteiger partial charge < -0.3 is 9.47 Å². The van der Waals surface area contributed by atoms with Crippen molar-refractivity contribution in [1.29, 1.82) is 0 Å². The number of ether oxygens (including phenoxy) is 2. The van der Waals surface area contributed by atoms with Crippen LogP contribution in [0, 0.1) is 0 Å². The van der Waals surface area contributed by atoms with Crippen LogP contribution >= 0.6 is 0 Å². The Bertz CT molecular complexity index is 908. The van der Waals surface area contributed by atoms with E-state index in [9.17, 15) is 0 Å². The number of hydrogen-bond donors (Lipinski definition) is 0. The van der Waals surface area contributed by atoms with Crippen molar-refractivity contribution in [1.82, 2.24) is 0 Å². The predicted octanol–water partition coefficient (Wildman–Crippen LogP) is 4.85. The zero-order valence-electron chi connectivity index (χ0n) is 14.6. The Hall–Kier alpha value is -3.27. The van der Waals surface area contributed by atoms with Gasteiger partial charge in [-0.2, -0.15) is 5.10 Å². The molecule has 0 spiro atoms. The van der Waals surface area contributed by atoms with Crippen LogP contribution in [0.15, 0.2) is 84.0 Å². The second kappa shape index (κ2) is 7.31. The van der Waals surface area contributed by atoms with Crippen LogP contribution in [0.5, 0.6) is 11.5 Å². The average Bonchev–Trinajstić information content (AvgIpc) is 3.17. The van der Waals surface area contributed by atoms with E-state index in [0.29, 0.717) is 6.54 Å². The van der Waals surface area contributed by atoms with Gasteiger partial charge in [-0.25, -0.2) is 0 Å². The third-order valence-corrected chi connectivity index (χ3v) is 4.29. The zero-order valence-corrected chi connectivity index (χ0v) is 14.6. The highest BCUT2D eigenvalue weighted by Crippen LogP contribution is 2.32. The number of rotatable bonds is 5. The molecule has 4 rings (SSSR count). The summed E-state index contributed by atoms with van der Waals surface area (Å²) in [7, 11) is 0. The highest BCUT2D eigenvalue weighted by molar-refractivity contribution is 5.99. The van der Waals surface area contributed by atoms with Gasteiger partial charge in [-0.05, 0) is 42.8 Å². The first-order valence-corrected chi connectivity index (χ1v) is 8.61. The van der Waals surface area contributed by atoms with Gasteiger partial charge in [0.1, 0.15) is 0 Å². The Morgan fingerprint density at radius 2 is 1.58 bits per heavy atom. The largest absolute Gasteiger partial charge is 0.454 e. The predicted molar refractivity (Wildman–Crippen MR) is 104 cm³/mol. The molecule has 0 amide bonds. The van der Waals surface area contributed by atoms with Gasteiger partial charge in [-0.3, -0.25) is 5.01 Å². The quantitative estimate of drug-likeness (QED) is 0.490. The molecule has 4 nitrogen and oxygen atoms in total. The summed E-state index contributed by atoms with van der Waals surface area (Å²) >= 11 is 0. The van der Waals surface area contributed by atoms with E-state index in [2.05, 4.69) is 24.3 Å². The lowest BCUT2D eigenvalue weighted by Gasteiger charge is -2.20. The summed E-state index contributed by atoms with van der Waals surface area (Å²) in [6, 6.07) is 26.5. The van der Waals surface area contributed by atoms with Gasteiger partial charge in [0.25, 0.3) is 0 Å². The van der Waals surface area contributed by atoms with E-state index in [4.69, 9.17) is 14.6 Å². The number of fused-ring (bicyclic) bond motifs is 1. The maximum atomic E-state index is 5.48. The molecule has 1 heterocycles. The molecule has 0 unspecified atom stereocenters. The summed E-state index contributed by atoms with van der Waals surface area (Å²) in [4.78, 5) is 0. The van der Waals surface area contributed by atoms with Gasteiger partial charge in [-0.1, -0.05) is 48.5 Å². The lowest BCUT2D eigenvalue weighted by Crippen LogP contribution is -2.18. The van der Waals surface area contributed by atoms with Crippen molar-refractivity contribution in [3.8, 4) is 11.5 Å². The van der Waals surface area contributed by atoms with Crippen LogP contribution in [0.4, 0.5) is 5.69 Å². The SMILES string of the molecule is C/C(=N/N(Cc1ccccc1)c1ccccc1)c1ccc2c(c1)OCO2. The summed E-state index contributed by atoms with van der Waals surface area (Å²) < 4.78 is 10.9. The molecule has 0 radical (unpaired) electrons. The van der Waals surface area contributed by atoms with Gasteiger partial charge in [-0.15, -0.1) is 0 Å². The van der Waals surface area contributed by atoms with E-state index in [1.165, 1.54) is 5.56 Å². The van der Waals surface area contributed by atoms with Crippen LogP contribution in [0.3, 0.4) is 0 Å². The number of hydrogen-bond acceptors (Lipinski definition) is 4. The lowest BCUT2D eigenvalue weighted by atomic mass is 10.1. The van der Waals surface area contributed by atoms with Crippen molar-refractivity contribution in [2.75, 3.05) is 11.8 Å². The number of hydrazone groups is 1. The van der Waals surface area contributed by atoms with E-state index in [1.54, 1.807) is 0 Å². The third-order valence-electron chi connectivity index (χ3n) is 4.29. The van der Waals surface area contributed by atoms with Crippen LogP contribution in [0.25, 0.3) is 0 Å². The Labute approximate surface area is 153 Å². The molecule has 0 atom stereocenters.